The first-order valence-corrected chi connectivity index (χ1v) is 9.59. The summed E-state index contributed by atoms with van der Waals surface area (Å²) in [6, 6.07) is 4.20. The van der Waals surface area contributed by atoms with E-state index < -0.39 is 0 Å². The topological polar surface area (TPSA) is 58.0 Å². The smallest absolute Gasteiger partial charge is 0.224 e. The van der Waals surface area contributed by atoms with E-state index in [9.17, 15) is 4.79 Å². The number of piperidine rings is 1. The van der Waals surface area contributed by atoms with E-state index in [1.54, 1.807) is 6.26 Å². The third-order valence-electron chi connectivity index (χ3n) is 5.60. The number of carbonyl (C=O) groups excluding carboxylic acids is 1. The summed E-state index contributed by atoms with van der Waals surface area (Å²) in [6.45, 7) is 10.7. The van der Waals surface area contributed by atoms with Crippen molar-refractivity contribution in [2.75, 3.05) is 39.3 Å². The molecule has 140 valence electrons. The molecule has 0 saturated carbocycles. The van der Waals surface area contributed by atoms with E-state index in [-0.39, 0.29) is 17.9 Å². The van der Waals surface area contributed by atoms with Crippen molar-refractivity contribution < 1.29 is 13.9 Å². The summed E-state index contributed by atoms with van der Waals surface area (Å²) in [5.41, 5.74) is 0. The molecular formula is C19H31N3O3. The van der Waals surface area contributed by atoms with Crippen LogP contribution in [0.15, 0.2) is 22.8 Å². The van der Waals surface area contributed by atoms with E-state index in [0.717, 1.165) is 57.9 Å². The predicted octanol–water partition coefficient (Wildman–Crippen LogP) is 1.72. The average molecular weight is 349 g/mol. The molecule has 6 heteroatoms. The second-order valence-corrected chi connectivity index (χ2v) is 7.02. The van der Waals surface area contributed by atoms with Crippen molar-refractivity contribution in [1.82, 2.24) is 15.1 Å². The first-order valence-electron chi connectivity index (χ1n) is 9.59. The highest BCUT2D eigenvalue weighted by Gasteiger charge is 2.42. The highest BCUT2D eigenvalue weighted by Crippen LogP contribution is 2.31. The van der Waals surface area contributed by atoms with Crippen molar-refractivity contribution in [1.29, 1.82) is 0 Å². The fraction of sp³-hybridized carbons (Fsp3) is 0.737. The van der Waals surface area contributed by atoms with Crippen molar-refractivity contribution in [3.63, 3.8) is 0 Å². The Balaban J connectivity index is 1.56. The molecule has 1 amide bonds. The zero-order chi connectivity index (χ0) is 17.6. The number of furan rings is 1. The number of likely N-dealkylation sites (tertiary alicyclic amines) is 1. The molecule has 6 nitrogen and oxygen atoms in total. The number of ether oxygens (including phenoxy) is 1. The molecule has 0 aromatic carbocycles. The number of carbonyl (C=O) groups is 1. The van der Waals surface area contributed by atoms with Crippen LogP contribution >= 0.6 is 0 Å². The van der Waals surface area contributed by atoms with Gasteiger partial charge in [-0.15, -0.1) is 0 Å². The van der Waals surface area contributed by atoms with Gasteiger partial charge in [0.1, 0.15) is 5.76 Å². The SMILES string of the molecule is CCN(CC)CCN1C[C@H](C(=O)NCc2ccco2)C[C@@H]2OCC[C@@H]21. The Morgan fingerprint density at radius 1 is 1.40 bits per heavy atom. The summed E-state index contributed by atoms with van der Waals surface area (Å²) in [6.07, 6.45) is 3.75. The monoisotopic (exact) mass is 349 g/mol. The van der Waals surface area contributed by atoms with E-state index in [0.29, 0.717) is 12.6 Å². The number of likely N-dealkylation sites (N-methyl/N-ethyl adjacent to an activating group) is 1. The molecule has 0 bridgehead atoms. The molecule has 25 heavy (non-hydrogen) atoms. The molecule has 3 rings (SSSR count). The Kier molecular flexibility index (Phi) is 6.51. The Morgan fingerprint density at radius 2 is 2.24 bits per heavy atom. The number of hydrogen-bond acceptors (Lipinski definition) is 5. The molecule has 3 heterocycles. The van der Waals surface area contributed by atoms with Crippen LogP contribution in [0.5, 0.6) is 0 Å². The minimum absolute atomic E-state index is 0.00832. The standard InChI is InChI=1S/C19H31N3O3/c1-3-21(4-2)8-9-22-14-15(12-18-17(22)7-11-25-18)19(23)20-13-16-6-5-10-24-16/h5-6,10,15,17-18H,3-4,7-9,11-14H2,1-2H3,(H,20,23)/t15-,17+,18+/m1/s1. The van der Waals surface area contributed by atoms with Gasteiger partial charge in [0.15, 0.2) is 0 Å². The Bertz CT molecular complexity index is 530. The van der Waals surface area contributed by atoms with Crippen LogP contribution in [0.1, 0.15) is 32.4 Å². The molecule has 0 radical (unpaired) electrons. The maximum absolute atomic E-state index is 12.6. The molecule has 2 fully saturated rings. The zero-order valence-corrected chi connectivity index (χ0v) is 15.4. The molecule has 3 atom stereocenters. The molecule has 2 aliphatic rings. The van der Waals surface area contributed by atoms with E-state index in [4.69, 9.17) is 9.15 Å². The minimum atomic E-state index is -0.00832. The van der Waals surface area contributed by atoms with Gasteiger partial charge in [0.05, 0.1) is 24.8 Å². The van der Waals surface area contributed by atoms with E-state index in [1.165, 1.54) is 0 Å². The lowest BCUT2D eigenvalue weighted by Gasteiger charge is -2.41. The van der Waals surface area contributed by atoms with Gasteiger partial charge < -0.3 is 19.4 Å². The number of amides is 1. The third-order valence-corrected chi connectivity index (χ3v) is 5.60. The van der Waals surface area contributed by atoms with Gasteiger partial charge in [0.25, 0.3) is 0 Å². The number of nitrogens with zero attached hydrogens (tertiary/aromatic N) is 2. The fourth-order valence-corrected chi connectivity index (χ4v) is 4.04. The van der Waals surface area contributed by atoms with Gasteiger partial charge in [-0.3, -0.25) is 9.69 Å². The summed E-state index contributed by atoms with van der Waals surface area (Å²) in [5, 5.41) is 3.02. The molecule has 2 saturated heterocycles. The van der Waals surface area contributed by atoms with E-state index in [2.05, 4.69) is 29.0 Å². The van der Waals surface area contributed by atoms with Gasteiger partial charge in [-0.05, 0) is 38.1 Å². The van der Waals surface area contributed by atoms with Crippen LogP contribution in [-0.4, -0.2) is 67.2 Å². The Hall–Kier alpha value is -1.37. The third kappa shape index (κ3) is 4.63. The van der Waals surface area contributed by atoms with E-state index >= 15 is 0 Å². The van der Waals surface area contributed by atoms with Crippen LogP contribution in [0, 0.1) is 5.92 Å². The Labute approximate surface area is 150 Å². The normalized spacial score (nSPS) is 26.8. The average Bonchev–Trinajstić information content (AvgIpc) is 3.31. The van der Waals surface area contributed by atoms with Crippen molar-refractivity contribution in [3.8, 4) is 0 Å². The van der Waals surface area contributed by atoms with Gasteiger partial charge in [-0.1, -0.05) is 13.8 Å². The molecule has 1 aromatic rings. The number of rotatable bonds is 8. The summed E-state index contributed by atoms with van der Waals surface area (Å²) in [7, 11) is 0. The molecule has 1 aromatic heterocycles. The second kappa shape index (κ2) is 8.83. The molecule has 1 N–H and O–H groups in total. The number of hydrogen-bond donors (Lipinski definition) is 1. The summed E-state index contributed by atoms with van der Waals surface area (Å²) >= 11 is 0. The van der Waals surface area contributed by atoms with Crippen LogP contribution < -0.4 is 5.32 Å². The van der Waals surface area contributed by atoms with Gasteiger partial charge >= 0.3 is 0 Å². The number of fused-ring (bicyclic) bond motifs is 1. The lowest BCUT2D eigenvalue weighted by atomic mass is 9.89. The molecule has 0 aliphatic carbocycles. The predicted molar refractivity (Wildman–Crippen MR) is 96.2 cm³/mol. The summed E-state index contributed by atoms with van der Waals surface area (Å²) in [4.78, 5) is 17.6. The molecular weight excluding hydrogens is 318 g/mol. The first kappa shape index (κ1) is 18.4. The van der Waals surface area contributed by atoms with Crippen LogP contribution in [0.2, 0.25) is 0 Å². The van der Waals surface area contributed by atoms with Crippen LogP contribution in [0.3, 0.4) is 0 Å². The number of nitrogens with one attached hydrogen (secondary N) is 1. The van der Waals surface area contributed by atoms with Crippen molar-refractivity contribution >= 4 is 5.91 Å². The van der Waals surface area contributed by atoms with Crippen LogP contribution in [0.4, 0.5) is 0 Å². The van der Waals surface area contributed by atoms with Crippen LogP contribution in [-0.2, 0) is 16.1 Å². The fourth-order valence-electron chi connectivity index (χ4n) is 4.04. The van der Waals surface area contributed by atoms with Gasteiger partial charge in [-0.2, -0.15) is 0 Å². The molecule has 0 spiro atoms. The summed E-state index contributed by atoms with van der Waals surface area (Å²) < 4.78 is 11.2. The largest absolute Gasteiger partial charge is 0.467 e. The second-order valence-electron chi connectivity index (χ2n) is 7.02. The van der Waals surface area contributed by atoms with E-state index in [1.807, 2.05) is 12.1 Å². The molecule has 2 aliphatic heterocycles. The highest BCUT2D eigenvalue weighted by atomic mass is 16.5. The zero-order valence-electron chi connectivity index (χ0n) is 15.4. The van der Waals surface area contributed by atoms with Crippen molar-refractivity contribution in [3.05, 3.63) is 24.2 Å². The lowest BCUT2D eigenvalue weighted by Crippen LogP contribution is -2.54. The van der Waals surface area contributed by atoms with Gasteiger partial charge in [-0.25, -0.2) is 0 Å². The lowest BCUT2D eigenvalue weighted by molar-refractivity contribution is -0.129. The van der Waals surface area contributed by atoms with Crippen LogP contribution in [0.25, 0.3) is 0 Å². The summed E-state index contributed by atoms with van der Waals surface area (Å²) in [5.74, 6) is 0.891. The van der Waals surface area contributed by atoms with Crippen molar-refractivity contribution in [2.45, 2.75) is 45.4 Å². The maximum Gasteiger partial charge on any atom is 0.224 e. The first-order chi connectivity index (χ1) is 12.2. The maximum atomic E-state index is 12.6. The molecule has 0 unspecified atom stereocenters. The van der Waals surface area contributed by atoms with Gasteiger partial charge in [0, 0.05) is 32.3 Å². The van der Waals surface area contributed by atoms with Crippen molar-refractivity contribution in [2.24, 2.45) is 5.92 Å². The Morgan fingerprint density at radius 3 is 2.96 bits per heavy atom. The minimum Gasteiger partial charge on any atom is -0.467 e. The highest BCUT2D eigenvalue weighted by molar-refractivity contribution is 5.79. The van der Waals surface area contributed by atoms with Gasteiger partial charge in [0.2, 0.25) is 5.91 Å². The quantitative estimate of drug-likeness (QED) is 0.774.